The Morgan fingerprint density at radius 2 is 1.67 bits per heavy atom. The highest BCUT2D eigenvalue weighted by Crippen LogP contribution is 2.25. The lowest BCUT2D eigenvalue weighted by Gasteiger charge is -2.34. The molecule has 1 fully saturated rings. The van der Waals surface area contributed by atoms with Crippen LogP contribution in [0.1, 0.15) is 44.7 Å². The lowest BCUT2D eigenvalue weighted by Crippen LogP contribution is -2.61. The molecule has 5 nitrogen and oxygen atoms in total. The van der Waals surface area contributed by atoms with Gasteiger partial charge in [-0.2, -0.15) is 0 Å². The van der Waals surface area contributed by atoms with E-state index >= 15 is 0 Å². The molecule has 0 bridgehead atoms. The van der Waals surface area contributed by atoms with Gasteiger partial charge in [-0.05, 0) is 30.9 Å². The zero-order chi connectivity index (χ0) is 15.8. The van der Waals surface area contributed by atoms with Gasteiger partial charge in [-0.25, -0.2) is 4.79 Å². The van der Waals surface area contributed by atoms with Crippen LogP contribution in [0, 0.1) is 5.41 Å². The third-order valence-electron chi connectivity index (χ3n) is 3.80. The lowest BCUT2D eigenvalue weighted by atomic mass is 9.88. The number of hydrogen-bond acceptors (Lipinski definition) is 3. The molecule has 1 aromatic rings. The predicted molar refractivity (Wildman–Crippen MR) is 78.4 cm³/mol. The number of amides is 4. The Labute approximate surface area is 124 Å². The van der Waals surface area contributed by atoms with Crippen molar-refractivity contribution in [1.82, 2.24) is 10.2 Å². The maximum atomic E-state index is 12.3. The van der Waals surface area contributed by atoms with Crippen molar-refractivity contribution in [3.05, 3.63) is 35.4 Å². The monoisotopic (exact) mass is 288 g/mol. The van der Waals surface area contributed by atoms with Crippen LogP contribution in [0.3, 0.4) is 0 Å². The molecule has 1 aliphatic heterocycles. The Hall–Kier alpha value is -2.17. The average molecular weight is 288 g/mol. The second-order valence-corrected chi connectivity index (χ2v) is 6.17. The van der Waals surface area contributed by atoms with Crippen molar-refractivity contribution in [2.75, 3.05) is 0 Å². The zero-order valence-electron chi connectivity index (χ0n) is 12.8. The molecule has 1 saturated heterocycles. The fourth-order valence-electron chi connectivity index (χ4n) is 2.18. The fourth-order valence-corrected chi connectivity index (χ4v) is 2.18. The first-order chi connectivity index (χ1) is 9.73. The molecule has 0 unspecified atom stereocenters. The van der Waals surface area contributed by atoms with Crippen LogP contribution in [0.25, 0.3) is 0 Å². The normalized spacial score (nSPS) is 18.1. The molecular formula is C16H20N2O3. The SMILES string of the molecule is CC(C)c1ccc(CN2C(=O)NC(=O)C(C)(C)C2=O)cc1. The van der Waals surface area contributed by atoms with Crippen molar-refractivity contribution in [3.8, 4) is 0 Å². The molecule has 1 aromatic carbocycles. The van der Waals surface area contributed by atoms with Crippen molar-refractivity contribution in [3.63, 3.8) is 0 Å². The van der Waals surface area contributed by atoms with Gasteiger partial charge in [-0.1, -0.05) is 38.1 Å². The molecule has 0 radical (unpaired) electrons. The van der Waals surface area contributed by atoms with Gasteiger partial charge in [0.15, 0.2) is 0 Å². The summed E-state index contributed by atoms with van der Waals surface area (Å²) in [5, 5.41) is 2.23. The van der Waals surface area contributed by atoms with Gasteiger partial charge < -0.3 is 0 Å². The van der Waals surface area contributed by atoms with E-state index in [9.17, 15) is 14.4 Å². The molecule has 0 aromatic heterocycles. The molecule has 1 aliphatic rings. The minimum atomic E-state index is -1.22. The number of carbonyl (C=O) groups excluding carboxylic acids is 3. The van der Waals surface area contributed by atoms with Gasteiger partial charge >= 0.3 is 6.03 Å². The number of imide groups is 2. The average Bonchev–Trinajstić information content (AvgIpc) is 2.42. The number of nitrogens with zero attached hydrogens (tertiary/aromatic N) is 1. The van der Waals surface area contributed by atoms with Gasteiger partial charge in [0.1, 0.15) is 5.41 Å². The van der Waals surface area contributed by atoms with Gasteiger partial charge in [0.05, 0.1) is 6.54 Å². The number of urea groups is 1. The summed E-state index contributed by atoms with van der Waals surface area (Å²) in [6.07, 6.45) is 0. The minimum Gasteiger partial charge on any atom is -0.277 e. The largest absolute Gasteiger partial charge is 0.331 e. The minimum absolute atomic E-state index is 0.166. The Balaban J connectivity index is 2.20. The third-order valence-corrected chi connectivity index (χ3v) is 3.80. The van der Waals surface area contributed by atoms with Crippen molar-refractivity contribution < 1.29 is 14.4 Å². The first-order valence-electron chi connectivity index (χ1n) is 6.99. The summed E-state index contributed by atoms with van der Waals surface area (Å²) in [6.45, 7) is 7.41. The zero-order valence-corrected chi connectivity index (χ0v) is 12.8. The van der Waals surface area contributed by atoms with E-state index in [1.165, 1.54) is 19.4 Å². The fraction of sp³-hybridized carbons (Fsp3) is 0.438. The summed E-state index contributed by atoms with van der Waals surface area (Å²) in [4.78, 5) is 36.9. The van der Waals surface area contributed by atoms with Crippen molar-refractivity contribution in [2.45, 2.75) is 40.2 Å². The molecular weight excluding hydrogens is 268 g/mol. The molecule has 2 rings (SSSR count). The highest BCUT2D eigenvalue weighted by atomic mass is 16.2. The molecule has 0 aliphatic carbocycles. The topological polar surface area (TPSA) is 66.5 Å². The van der Waals surface area contributed by atoms with E-state index in [0.717, 1.165) is 10.5 Å². The Kier molecular flexibility index (Phi) is 3.85. The summed E-state index contributed by atoms with van der Waals surface area (Å²) >= 11 is 0. The quantitative estimate of drug-likeness (QED) is 0.869. The second kappa shape index (κ2) is 5.31. The van der Waals surface area contributed by atoms with Crippen LogP contribution in [0.4, 0.5) is 4.79 Å². The van der Waals surface area contributed by atoms with Gasteiger partial charge in [-0.3, -0.25) is 19.8 Å². The maximum absolute atomic E-state index is 12.3. The maximum Gasteiger partial charge on any atom is 0.331 e. The molecule has 21 heavy (non-hydrogen) atoms. The van der Waals surface area contributed by atoms with Crippen LogP contribution in [0.2, 0.25) is 0 Å². The van der Waals surface area contributed by atoms with E-state index in [4.69, 9.17) is 0 Å². The van der Waals surface area contributed by atoms with Crippen LogP contribution in [-0.4, -0.2) is 22.7 Å². The summed E-state index contributed by atoms with van der Waals surface area (Å²) in [7, 11) is 0. The van der Waals surface area contributed by atoms with E-state index in [2.05, 4.69) is 19.2 Å². The number of barbiturate groups is 1. The smallest absolute Gasteiger partial charge is 0.277 e. The molecule has 0 saturated carbocycles. The van der Waals surface area contributed by atoms with E-state index in [1.807, 2.05) is 24.3 Å². The first-order valence-corrected chi connectivity index (χ1v) is 6.99. The van der Waals surface area contributed by atoms with Crippen LogP contribution in [0.15, 0.2) is 24.3 Å². The summed E-state index contributed by atoms with van der Waals surface area (Å²) in [6, 6.07) is 7.13. The highest BCUT2D eigenvalue weighted by Gasteiger charge is 2.46. The molecule has 112 valence electrons. The van der Waals surface area contributed by atoms with Crippen LogP contribution < -0.4 is 5.32 Å². The Morgan fingerprint density at radius 3 is 2.19 bits per heavy atom. The Morgan fingerprint density at radius 1 is 1.10 bits per heavy atom. The van der Waals surface area contributed by atoms with E-state index in [-0.39, 0.29) is 6.54 Å². The first kappa shape index (κ1) is 15.2. The third kappa shape index (κ3) is 2.82. The number of hydrogen-bond donors (Lipinski definition) is 1. The van der Waals surface area contributed by atoms with E-state index in [1.54, 1.807) is 0 Å². The number of nitrogens with one attached hydrogen (secondary N) is 1. The molecule has 4 amide bonds. The molecule has 1 N–H and O–H groups in total. The van der Waals surface area contributed by atoms with Crippen molar-refractivity contribution in [1.29, 1.82) is 0 Å². The van der Waals surface area contributed by atoms with Gasteiger partial charge in [-0.15, -0.1) is 0 Å². The van der Waals surface area contributed by atoms with Crippen LogP contribution in [-0.2, 0) is 16.1 Å². The predicted octanol–water partition coefficient (Wildman–Crippen LogP) is 2.41. The Bertz CT molecular complexity index is 588. The summed E-state index contributed by atoms with van der Waals surface area (Å²) < 4.78 is 0. The van der Waals surface area contributed by atoms with Gasteiger partial charge in [0.2, 0.25) is 11.8 Å². The standard InChI is InChI=1S/C16H20N2O3/c1-10(2)12-7-5-11(6-8-12)9-18-14(20)16(3,4)13(19)17-15(18)21/h5-8,10H,9H2,1-4H3,(H,17,19,21). The highest BCUT2D eigenvalue weighted by molar-refractivity contribution is 6.18. The second-order valence-electron chi connectivity index (χ2n) is 6.17. The molecule has 5 heteroatoms. The summed E-state index contributed by atoms with van der Waals surface area (Å²) in [5.74, 6) is -0.594. The van der Waals surface area contributed by atoms with Crippen molar-refractivity contribution >= 4 is 17.8 Å². The molecule has 1 heterocycles. The molecule has 0 atom stereocenters. The van der Waals surface area contributed by atoms with E-state index in [0.29, 0.717) is 5.92 Å². The molecule has 0 spiro atoms. The lowest BCUT2D eigenvalue weighted by molar-refractivity contribution is -0.149. The van der Waals surface area contributed by atoms with Gasteiger partial charge in [0.25, 0.3) is 0 Å². The van der Waals surface area contributed by atoms with Crippen LogP contribution in [0.5, 0.6) is 0 Å². The van der Waals surface area contributed by atoms with Crippen LogP contribution >= 0.6 is 0 Å². The number of rotatable bonds is 3. The number of carbonyl (C=O) groups is 3. The summed E-state index contributed by atoms with van der Waals surface area (Å²) in [5.41, 5.74) is 0.836. The van der Waals surface area contributed by atoms with Gasteiger partial charge in [0, 0.05) is 0 Å². The van der Waals surface area contributed by atoms with E-state index < -0.39 is 23.3 Å². The number of benzene rings is 1. The van der Waals surface area contributed by atoms with Crippen molar-refractivity contribution in [2.24, 2.45) is 5.41 Å².